The van der Waals surface area contributed by atoms with Gasteiger partial charge in [-0.2, -0.15) is 0 Å². The summed E-state index contributed by atoms with van der Waals surface area (Å²) < 4.78 is 12.3. The van der Waals surface area contributed by atoms with Crippen LogP contribution in [0.2, 0.25) is 0 Å². The first-order valence-corrected chi connectivity index (χ1v) is 8.08. The summed E-state index contributed by atoms with van der Waals surface area (Å²) in [5, 5.41) is 0. The average Bonchev–Trinajstić information content (AvgIpc) is 2.79. The molecule has 1 aliphatic heterocycles. The highest BCUT2D eigenvalue weighted by atomic mass is 16.7. The Morgan fingerprint density at radius 2 is 1.50 bits per heavy atom. The minimum absolute atomic E-state index is 0.233. The molecule has 1 aliphatic rings. The van der Waals surface area contributed by atoms with Crippen LogP contribution < -0.4 is 0 Å². The Balaban J connectivity index is 2.36. The average molecular weight is 256 g/mol. The van der Waals surface area contributed by atoms with Crippen molar-refractivity contribution in [3.05, 3.63) is 0 Å². The van der Waals surface area contributed by atoms with Crippen molar-refractivity contribution >= 4 is 0 Å². The smallest absolute Gasteiger partial charge is 0.168 e. The van der Waals surface area contributed by atoms with Crippen molar-refractivity contribution in [1.82, 2.24) is 0 Å². The van der Waals surface area contributed by atoms with Gasteiger partial charge in [-0.25, -0.2) is 0 Å². The lowest BCUT2D eigenvalue weighted by Gasteiger charge is -2.28. The monoisotopic (exact) mass is 256 g/mol. The predicted octanol–water partition coefficient (Wildman–Crippen LogP) is 5.06. The molecule has 0 bridgehead atoms. The molecule has 0 spiro atoms. The fourth-order valence-corrected chi connectivity index (χ4v) is 2.67. The van der Waals surface area contributed by atoms with E-state index in [0.717, 1.165) is 25.9 Å². The van der Waals surface area contributed by atoms with Gasteiger partial charge in [-0.05, 0) is 19.3 Å². The van der Waals surface area contributed by atoms with E-state index in [4.69, 9.17) is 9.47 Å². The molecule has 1 fully saturated rings. The summed E-state index contributed by atoms with van der Waals surface area (Å²) in [6.45, 7) is 7.50. The molecule has 2 atom stereocenters. The van der Waals surface area contributed by atoms with E-state index < -0.39 is 0 Å². The summed E-state index contributed by atoms with van der Waals surface area (Å²) in [6.07, 6.45) is 12.6. The van der Waals surface area contributed by atoms with E-state index in [1.165, 1.54) is 44.9 Å². The van der Waals surface area contributed by atoms with Crippen molar-refractivity contribution in [2.45, 2.75) is 96.9 Å². The lowest BCUT2D eigenvalue weighted by atomic mass is 10.0. The summed E-state index contributed by atoms with van der Waals surface area (Å²) in [5.74, 6) is -0.233. The van der Waals surface area contributed by atoms with Crippen LogP contribution in [0.1, 0.15) is 85.0 Å². The molecule has 1 rings (SSSR count). The molecule has 0 N–H and O–H groups in total. The van der Waals surface area contributed by atoms with E-state index in [1.54, 1.807) is 0 Å². The van der Waals surface area contributed by atoms with Gasteiger partial charge < -0.3 is 9.47 Å². The Kier molecular flexibility index (Phi) is 7.92. The van der Waals surface area contributed by atoms with Crippen LogP contribution >= 0.6 is 0 Å². The van der Waals surface area contributed by atoms with Gasteiger partial charge in [0.15, 0.2) is 5.79 Å². The fraction of sp³-hybridized carbons (Fsp3) is 1.00. The van der Waals surface area contributed by atoms with Crippen molar-refractivity contribution < 1.29 is 9.47 Å². The second-order valence-electron chi connectivity index (χ2n) is 5.64. The molecule has 0 aromatic rings. The van der Waals surface area contributed by atoms with E-state index in [0.29, 0.717) is 6.10 Å². The third-order valence-electron chi connectivity index (χ3n) is 3.94. The van der Waals surface area contributed by atoms with Gasteiger partial charge in [0.2, 0.25) is 0 Å². The van der Waals surface area contributed by atoms with Gasteiger partial charge in [0.25, 0.3) is 0 Å². The van der Waals surface area contributed by atoms with E-state index in [9.17, 15) is 0 Å². The maximum absolute atomic E-state index is 6.20. The molecule has 1 saturated heterocycles. The maximum atomic E-state index is 6.20. The molecule has 2 unspecified atom stereocenters. The van der Waals surface area contributed by atoms with Crippen LogP contribution in [0, 0.1) is 0 Å². The van der Waals surface area contributed by atoms with E-state index in [2.05, 4.69) is 20.8 Å². The molecule has 0 radical (unpaired) electrons. The molecule has 18 heavy (non-hydrogen) atoms. The van der Waals surface area contributed by atoms with Crippen LogP contribution in [0.5, 0.6) is 0 Å². The lowest BCUT2D eigenvalue weighted by molar-refractivity contribution is -0.179. The minimum atomic E-state index is -0.233. The summed E-state index contributed by atoms with van der Waals surface area (Å²) in [6, 6.07) is 0. The quantitative estimate of drug-likeness (QED) is 0.509. The molecule has 0 aliphatic carbocycles. The molecular formula is C16H32O2. The second kappa shape index (κ2) is 8.92. The van der Waals surface area contributed by atoms with Crippen LogP contribution in [-0.2, 0) is 9.47 Å². The number of rotatable bonds is 10. The number of hydrogen-bond donors (Lipinski definition) is 0. The summed E-state index contributed by atoms with van der Waals surface area (Å²) in [5.41, 5.74) is 0. The van der Waals surface area contributed by atoms with Crippen molar-refractivity contribution in [2.24, 2.45) is 0 Å². The van der Waals surface area contributed by atoms with Gasteiger partial charge in [-0.3, -0.25) is 0 Å². The fourth-order valence-electron chi connectivity index (χ4n) is 2.67. The maximum Gasteiger partial charge on any atom is 0.168 e. The lowest BCUT2D eigenvalue weighted by Crippen LogP contribution is -2.31. The van der Waals surface area contributed by atoms with E-state index >= 15 is 0 Å². The highest BCUT2D eigenvalue weighted by Gasteiger charge is 2.39. The first kappa shape index (κ1) is 16.0. The Morgan fingerprint density at radius 3 is 2.06 bits per heavy atom. The molecule has 108 valence electrons. The Bertz CT molecular complexity index is 205. The number of hydrogen-bond acceptors (Lipinski definition) is 2. The topological polar surface area (TPSA) is 18.5 Å². The highest BCUT2D eigenvalue weighted by Crippen LogP contribution is 2.35. The Hall–Kier alpha value is -0.0800. The zero-order chi connectivity index (χ0) is 13.3. The zero-order valence-electron chi connectivity index (χ0n) is 12.7. The summed E-state index contributed by atoms with van der Waals surface area (Å²) in [4.78, 5) is 0. The molecule has 0 amide bonds. The Morgan fingerprint density at radius 1 is 0.889 bits per heavy atom. The van der Waals surface area contributed by atoms with Crippen LogP contribution in [-0.4, -0.2) is 18.5 Å². The molecule has 2 nitrogen and oxygen atoms in total. The second-order valence-corrected chi connectivity index (χ2v) is 5.64. The molecular weight excluding hydrogens is 224 g/mol. The van der Waals surface area contributed by atoms with E-state index in [1.807, 2.05) is 0 Å². The van der Waals surface area contributed by atoms with E-state index in [-0.39, 0.29) is 5.79 Å². The van der Waals surface area contributed by atoms with Gasteiger partial charge in [-0.1, -0.05) is 52.9 Å². The number of unbranched alkanes of at least 4 members (excludes halogenated alkanes) is 5. The molecule has 0 aromatic heterocycles. The van der Waals surface area contributed by atoms with Crippen LogP contribution in [0.3, 0.4) is 0 Å². The van der Waals surface area contributed by atoms with Crippen LogP contribution in [0.25, 0.3) is 0 Å². The van der Waals surface area contributed by atoms with Gasteiger partial charge >= 0.3 is 0 Å². The molecule has 0 aromatic carbocycles. The first-order chi connectivity index (χ1) is 8.76. The van der Waals surface area contributed by atoms with Crippen molar-refractivity contribution in [2.75, 3.05) is 6.61 Å². The van der Waals surface area contributed by atoms with Gasteiger partial charge in [0, 0.05) is 12.8 Å². The zero-order valence-corrected chi connectivity index (χ0v) is 12.7. The van der Waals surface area contributed by atoms with Gasteiger partial charge in [-0.15, -0.1) is 0 Å². The van der Waals surface area contributed by atoms with Crippen LogP contribution in [0.15, 0.2) is 0 Å². The van der Waals surface area contributed by atoms with Gasteiger partial charge in [0.1, 0.15) is 0 Å². The summed E-state index contributed by atoms with van der Waals surface area (Å²) >= 11 is 0. The Labute approximate surface area is 113 Å². The number of ether oxygens (including phenoxy) is 2. The van der Waals surface area contributed by atoms with Gasteiger partial charge in [0.05, 0.1) is 12.7 Å². The molecule has 0 saturated carbocycles. The largest absolute Gasteiger partial charge is 0.347 e. The predicted molar refractivity (Wildman–Crippen MR) is 76.7 cm³/mol. The molecule has 1 heterocycles. The van der Waals surface area contributed by atoms with Crippen LogP contribution in [0.4, 0.5) is 0 Å². The highest BCUT2D eigenvalue weighted by molar-refractivity contribution is 4.79. The van der Waals surface area contributed by atoms with Crippen molar-refractivity contribution in [3.63, 3.8) is 0 Å². The minimum Gasteiger partial charge on any atom is -0.347 e. The SMILES string of the molecule is CCCCCCC1(CCCCC)OCC(CC)O1. The normalized spacial score (nSPS) is 27.8. The van der Waals surface area contributed by atoms with Crippen molar-refractivity contribution in [3.8, 4) is 0 Å². The molecule has 2 heteroatoms. The third-order valence-corrected chi connectivity index (χ3v) is 3.94. The summed E-state index contributed by atoms with van der Waals surface area (Å²) in [7, 11) is 0. The first-order valence-electron chi connectivity index (χ1n) is 8.08. The third kappa shape index (κ3) is 5.27. The van der Waals surface area contributed by atoms with Crippen molar-refractivity contribution in [1.29, 1.82) is 0 Å². The standard InChI is InChI=1S/C16H32O2/c1-4-7-9-11-13-16(12-10-8-5-2)17-14-15(6-3)18-16/h15H,4-14H2,1-3H3.